The molecule has 0 bridgehead atoms. The number of thiazole rings is 1. The first-order chi connectivity index (χ1) is 7.83. The average Bonchev–Trinajstić information content (AvgIpc) is 2.89. The molecule has 0 aliphatic heterocycles. The van der Waals surface area contributed by atoms with Gasteiger partial charge in [-0.3, -0.25) is 0 Å². The molecule has 1 aliphatic rings. The van der Waals surface area contributed by atoms with Crippen LogP contribution < -0.4 is 5.32 Å². The Kier molecular flexibility index (Phi) is 2.36. The van der Waals surface area contributed by atoms with Gasteiger partial charge in [0.2, 0.25) is 5.89 Å². The van der Waals surface area contributed by atoms with Crippen molar-refractivity contribution in [3.8, 4) is 0 Å². The summed E-state index contributed by atoms with van der Waals surface area (Å²) < 4.78 is 5.50. The van der Waals surface area contributed by atoms with Gasteiger partial charge in [-0.25, -0.2) is 4.98 Å². The van der Waals surface area contributed by atoms with Crippen molar-refractivity contribution in [1.82, 2.24) is 15.2 Å². The highest BCUT2D eigenvalue weighted by molar-refractivity contribution is 7.09. The van der Waals surface area contributed by atoms with Gasteiger partial charge < -0.3 is 9.73 Å². The minimum atomic E-state index is 0.508. The molecule has 1 aliphatic carbocycles. The van der Waals surface area contributed by atoms with E-state index in [0.717, 1.165) is 11.6 Å². The molecule has 16 heavy (non-hydrogen) atoms. The van der Waals surface area contributed by atoms with Crippen molar-refractivity contribution in [3.05, 3.63) is 22.0 Å². The lowest BCUT2D eigenvalue weighted by Gasteiger charge is -1.98. The number of anilines is 1. The summed E-state index contributed by atoms with van der Waals surface area (Å²) >= 11 is 1.63. The monoisotopic (exact) mass is 236 g/mol. The normalized spacial score (nSPS) is 15.3. The molecular formula is C10H12N4OS. The van der Waals surface area contributed by atoms with E-state index in [1.54, 1.807) is 11.3 Å². The minimum Gasteiger partial charge on any atom is -0.408 e. The molecule has 84 valence electrons. The van der Waals surface area contributed by atoms with Crippen molar-refractivity contribution in [2.45, 2.75) is 32.2 Å². The second-order valence-corrected chi connectivity index (χ2v) is 4.87. The first-order valence-corrected chi connectivity index (χ1v) is 6.17. The zero-order valence-corrected chi connectivity index (χ0v) is 9.75. The lowest BCUT2D eigenvalue weighted by molar-refractivity contribution is 0.507. The van der Waals surface area contributed by atoms with Crippen molar-refractivity contribution in [1.29, 1.82) is 0 Å². The molecule has 0 saturated heterocycles. The number of nitrogens with one attached hydrogen (secondary N) is 1. The highest BCUT2D eigenvalue weighted by Crippen LogP contribution is 2.39. The molecule has 2 aromatic heterocycles. The lowest BCUT2D eigenvalue weighted by atomic mass is 10.4. The summed E-state index contributed by atoms with van der Waals surface area (Å²) in [5.41, 5.74) is 2.90. The van der Waals surface area contributed by atoms with E-state index in [2.05, 4.69) is 20.5 Å². The number of aryl methyl sites for hydroxylation is 1. The molecule has 1 N–H and O–H groups in total. The van der Waals surface area contributed by atoms with Gasteiger partial charge in [-0.15, -0.1) is 16.4 Å². The van der Waals surface area contributed by atoms with Gasteiger partial charge in [-0.2, -0.15) is 0 Å². The van der Waals surface area contributed by atoms with Crippen molar-refractivity contribution in [3.63, 3.8) is 0 Å². The SMILES string of the molecule is Cc1ncsc1CNc1nnc(C2CC2)o1. The van der Waals surface area contributed by atoms with E-state index in [0.29, 0.717) is 18.5 Å². The van der Waals surface area contributed by atoms with Crippen molar-refractivity contribution in [2.75, 3.05) is 5.32 Å². The van der Waals surface area contributed by atoms with E-state index in [1.807, 2.05) is 12.4 Å². The van der Waals surface area contributed by atoms with Crippen LogP contribution in [0.15, 0.2) is 9.93 Å². The van der Waals surface area contributed by atoms with Gasteiger partial charge in [0.15, 0.2) is 0 Å². The smallest absolute Gasteiger partial charge is 0.315 e. The molecule has 3 rings (SSSR count). The van der Waals surface area contributed by atoms with Crippen LogP contribution in [0, 0.1) is 6.92 Å². The third-order valence-electron chi connectivity index (χ3n) is 2.61. The van der Waals surface area contributed by atoms with Crippen molar-refractivity contribution >= 4 is 17.4 Å². The Morgan fingerprint density at radius 2 is 2.38 bits per heavy atom. The molecule has 0 amide bonds. The predicted molar refractivity (Wildman–Crippen MR) is 60.5 cm³/mol. The topological polar surface area (TPSA) is 63.8 Å². The maximum atomic E-state index is 5.50. The third-order valence-corrected chi connectivity index (χ3v) is 3.55. The molecule has 0 aromatic carbocycles. The molecule has 1 saturated carbocycles. The molecule has 0 radical (unpaired) electrons. The molecule has 6 heteroatoms. The quantitative estimate of drug-likeness (QED) is 0.882. The van der Waals surface area contributed by atoms with E-state index < -0.39 is 0 Å². The Balaban J connectivity index is 1.63. The third kappa shape index (κ3) is 1.92. The number of hydrogen-bond acceptors (Lipinski definition) is 6. The van der Waals surface area contributed by atoms with Gasteiger partial charge in [0.25, 0.3) is 0 Å². The van der Waals surface area contributed by atoms with Crippen LogP contribution in [0.1, 0.15) is 35.2 Å². The number of aromatic nitrogens is 3. The molecule has 1 fully saturated rings. The van der Waals surface area contributed by atoms with Crippen molar-refractivity contribution < 1.29 is 4.42 Å². The molecule has 2 heterocycles. The van der Waals surface area contributed by atoms with Crippen LogP contribution in [0.5, 0.6) is 0 Å². The molecule has 0 unspecified atom stereocenters. The van der Waals surface area contributed by atoms with Crippen LogP contribution in [-0.2, 0) is 6.54 Å². The number of hydrogen-bond donors (Lipinski definition) is 1. The molecule has 0 atom stereocenters. The molecule has 2 aromatic rings. The van der Waals surface area contributed by atoms with Gasteiger partial charge in [0.1, 0.15) is 0 Å². The van der Waals surface area contributed by atoms with Gasteiger partial charge in [-0.1, -0.05) is 5.10 Å². The second-order valence-electron chi connectivity index (χ2n) is 3.93. The Hall–Kier alpha value is -1.43. The first-order valence-electron chi connectivity index (χ1n) is 5.29. The standard InChI is InChI=1S/C10H12N4OS/c1-6-8(16-5-12-6)4-11-10-14-13-9(15-10)7-2-3-7/h5,7H,2-4H2,1H3,(H,11,14). The maximum absolute atomic E-state index is 5.50. The van der Waals surface area contributed by atoms with Crippen LogP contribution in [0.3, 0.4) is 0 Å². The number of nitrogens with zero attached hydrogens (tertiary/aromatic N) is 3. The zero-order chi connectivity index (χ0) is 11.0. The summed E-state index contributed by atoms with van der Waals surface area (Å²) in [6.45, 7) is 2.69. The second kappa shape index (κ2) is 3.86. The minimum absolute atomic E-state index is 0.508. The molecule has 5 nitrogen and oxygen atoms in total. The summed E-state index contributed by atoms with van der Waals surface area (Å²) in [4.78, 5) is 5.38. The van der Waals surface area contributed by atoms with E-state index in [4.69, 9.17) is 4.42 Å². The Morgan fingerprint density at radius 1 is 1.50 bits per heavy atom. The summed E-state index contributed by atoms with van der Waals surface area (Å²) in [6.07, 6.45) is 2.35. The van der Waals surface area contributed by atoms with Crippen LogP contribution in [0.2, 0.25) is 0 Å². The Morgan fingerprint density at radius 3 is 3.06 bits per heavy atom. The van der Waals surface area contributed by atoms with Gasteiger partial charge >= 0.3 is 6.01 Å². The fourth-order valence-corrected chi connectivity index (χ4v) is 2.17. The predicted octanol–water partition coefficient (Wildman–Crippen LogP) is 2.32. The maximum Gasteiger partial charge on any atom is 0.315 e. The molecular weight excluding hydrogens is 224 g/mol. The largest absolute Gasteiger partial charge is 0.408 e. The average molecular weight is 236 g/mol. The van der Waals surface area contributed by atoms with Crippen molar-refractivity contribution in [2.24, 2.45) is 0 Å². The summed E-state index contributed by atoms with van der Waals surface area (Å²) in [5.74, 6) is 1.27. The van der Waals surface area contributed by atoms with Gasteiger partial charge in [-0.05, 0) is 19.8 Å². The Bertz CT molecular complexity index is 488. The summed E-state index contributed by atoms with van der Waals surface area (Å²) in [7, 11) is 0. The van der Waals surface area contributed by atoms with Gasteiger partial charge in [0, 0.05) is 10.8 Å². The zero-order valence-electron chi connectivity index (χ0n) is 8.93. The highest BCUT2D eigenvalue weighted by atomic mass is 32.1. The summed E-state index contributed by atoms with van der Waals surface area (Å²) in [6, 6.07) is 0.509. The highest BCUT2D eigenvalue weighted by Gasteiger charge is 2.29. The van der Waals surface area contributed by atoms with E-state index in [9.17, 15) is 0 Å². The van der Waals surface area contributed by atoms with Crippen LogP contribution in [-0.4, -0.2) is 15.2 Å². The van der Waals surface area contributed by atoms with Gasteiger partial charge in [0.05, 0.1) is 17.7 Å². The van der Waals surface area contributed by atoms with E-state index >= 15 is 0 Å². The van der Waals surface area contributed by atoms with Crippen LogP contribution >= 0.6 is 11.3 Å². The molecule has 0 spiro atoms. The first kappa shape index (κ1) is 9.77. The van der Waals surface area contributed by atoms with Crippen LogP contribution in [0.4, 0.5) is 6.01 Å². The fraction of sp³-hybridized carbons (Fsp3) is 0.500. The van der Waals surface area contributed by atoms with E-state index in [1.165, 1.54) is 17.7 Å². The van der Waals surface area contributed by atoms with Crippen LogP contribution in [0.25, 0.3) is 0 Å². The lowest BCUT2D eigenvalue weighted by Crippen LogP contribution is -1.99. The summed E-state index contributed by atoms with van der Waals surface area (Å²) in [5, 5.41) is 11.1. The Labute approximate surface area is 96.9 Å². The number of rotatable bonds is 4. The fourth-order valence-electron chi connectivity index (χ4n) is 1.45. The van der Waals surface area contributed by atoms with E-state index in [-0.39, 0.29) is 0 Å².